The molecule has 0 spiro atoms. The third kappa shape index (κ3) is 5.18. The first-order valence-electron chi connectivity index (χ1n) is 9.35. The van der Waals surface area contributed by atoms with E-state index in [1.165, 1.54) is 30.5 Å². The first-order chi connectivity index (χ1) is 12.3. The van der Waals surface area contributed by atoms with Crippen LogP contribution in [0, 0.1) is 0 Å². The molecule has 1 aromatic rings. The predicted octanol–water partition coefficient (Wildman–Crippen LogP) is 3.40. The quantitative estimate of drug-likeness (QED) is 0.464. The molecule has 25 heavy (non-hydrogen) atoms. The second-order valence-corrected chi connectivity index (χ2v) is 7.89. The van der Waals surface area contributed by atoms with Crippen LogP contribution in [0.4, 0.5) is 5.69 Å². The van der Waals surface area contributed by atoms with E-state index in [2.05, 4.69) is 65.1 Å². The lowest BCUT2D eigenvalue weighted by molar-refractivity contribution is 0.615. The van der Waals surface area contributed by atoms with Crippen molar-refractivity contribution in [3.63, 3.8) is 0 Å². The van der Waals surface area contributed by atoms with E-state index < -0.39 is 0 Å². The molecule has 0 radical (unpaired) electrons. The van der Waals surface area contributed by atoms with Crippen molar-refractivity contribution in [2.75, 3.05) is 30.8 Å². The zero-order valence-corrected chi connectivity index (χ0v) is 16.2. The second-order valence-electron chi connectivity index (χ2n) is 6.75. The van der Waals surface area contributed by atoms with Crippen LogP contribution < -0.4 is 15.5 Å². The van der Waals surface area contributed by atoms with Crippen molar-refractivity contribution in [1.29, 1.82) is 0 Å². The van der Waals surface area contributed by atoms with Crippen LogP contribution in [0.25, 0.3) is 0 Å². The molecule has 1 aromatic carbocycles. The Morgan fingerprint density at radius 2 is 1.96 bits per heavy atom. The minimum absolute atomic E-state index is 0.556. The van der Waals surface area contributed by atoms with Crippen LogP contribution in [-0.2, 0) is 6.54 Å². The van der Waals surface area contributed by atoms with Gasteiger partial charge in [-0.25, -0.2) is 4.99 Å². The van der Waals surface area contributed by atoms with E-state index in [0.717, 1.165) is 30.8 Å². The summed E-state index contributed by atoms with van der Waals surface area (Å²) < 4.78 is 0. The highest BCUT2D eigenvalue weighted by atomic mass is 32.2. The Morgan fingerprint density at radius 1 is 1.20 bits per heavy atom. The topological polar surface area (TPSA) is 39.7 Å². The van der Waals surface area contributed by atoms with Crippen LogP contribution in [0.3, 0.4) is 0 Å². The molecule has 1 aliphatic carbocycles. The van der Waals surface area contributed by atoms with E-state index in [9.17, 15) is 0 Å². The average molecular weight is 359 g/mol. The van der Waals surface area contributed by atoms with Crippen molar-refractivity contribution in [1.82, 2.24) is 10.6 Å². The number of aliphatic imine (C=N–C) groups is 1. The number of hydrogen-bond donors (Lipinski definition) is 2. The lowest BCUT2D eigenvalue weighted by atomic mass is 10.2. The second kappa shape index (κ2) is 9.18. The zero-order chi connectivity index (χ0) is 17.5. The van der Waals surface area contributed by atoms with Gasteiger partial charge in [-0.15, -0.1) is 0 Å². The van der Waals surface area contributed by atoms with Crippen LogP contribution in [0.15, 0.2) is 41.4 Å². The summed E-state index contributed by atoms with van der Waals surface area (Å²) in [5.41, 5.74) is 2.54. The molecule has 2 unspecified atom stereocenters. The molecule has 1 fully saturated rings. The Kier molecular flexibility index (Phi) is 6.68. The van der Waals surface area contributed by atoms with Gasteiger partial charge in [0.05, 0.1) is 6.54 Å². The molecule has 2 aliphatic rings. The Morgan fingerprint density at radius 3 is 2.60 bits per heavy atom. The molecular weight excluding hydrogens is 328 g/mol. The van der Waals surface area contributed by atoms with Gasteiger partial charge in [-0.2, -0.15) is 11.8 Å². The van der Waals surface area contributed by atoms with Gasteiger partial charge in [0.25, 0.3) is 0 Å². The van der Waals surface area contributed by atoms with Crippen molar-refractivity contribution in [3.8, 4) is 0 Å². The number of benzene rings is 1. The number of anilines is 1. The molecule has 0 saturated heterocycles. The summed E-state index contributed by atoms with van der Waals surface area (Å²) in [6.07, 6.45) is 10.5. The standard InChI is InChI=1S/C20H30N4S/c1-3-21-20(23-17-8-11-19(14-17)25-2)22-15-16-6-9-18(10-7-16)24-12-4-5-13-24/h4-7,9-10,17,19H,3,8,11-15H2,1-2H3,(H2,21,22,23). The number of nitrogens with zero attached hydrogens (tertiary/aromatic N) is 2. The highest BCUT2D eigenvalue weighted by Crippen LogP contribution is 2.28. The largest absolute Gasteiger partial charge is 0.364 e. The van der Waals surface area contributed by atoms with E-state index >= 15 is 0 Å². The summed E-state index contributed by atoms with van der Waals surface area (Å²) >= 11 is 1.99. The fraction of sp³-hybridized carbons (Fsp3) is 0.550. The van der Waals surface area contributed by atoms with Gasteiger partial charge >= 0.3 is 0 Å². The summed E-state index contributed by atoms with van der Waals surface area (Å²) in [5.74, 6) is 0.946. The molecule has 0 aromatic heterocycles. The molecule has 2 N–H and O–H groups in total. The van der Waals surface area contributed by atoms with Crippen molar-refractivity contribution < 1.29 is 0 Å². The van der Waals surface area contributed by atoms with Gasteiger partial charge in [-0.3, -0.25) is 0 Å². The predicted molar refractivity (Wildman–Crippen MR) is 111 cm³/mol. The molecule has 2 atom stereocenters. The molecular formula is C20H30N4S. The molecule has 0 amide bonds. The average Bonchev–Trinajstić information content (AvgIpc) is 3.32. The molecule has 136 valence electrons. The van der Waals surface area contributed by atoms with E-state index in [0.29, 0.717) is 12.6 Å². The minimum atomic E-state index is 0.556. The van der Waals surface area contributed by atoms with Gasteiger partial charge < -0.3 is 15.5 Å². The van der Waals surface area contributed by atoms with Crippen LogP contribution in [0.5, 0.6) is 0 Å². The summed E-state index contributed by atoms with van der Waals surface area (Å²) in [6, 6.07) is 9.36. The fourth-order valence-corrected chi connectivity index (χ4v) is 4.27. The first-order valence-corrected chi connectivity index (χ1v) is 10.6. The number of thioether (sulfide) groups is 1. The Balaban J connectivity index is 1.55. The van der Waals surface area contributed by atoms with Crippen molar-refractivity contribution in [2.45, 2.75) is 44.0 Å². The fourth-order valence-electron chi connectivity index (χ4n) is 3.47. The Hall–Kier alpha value is -1.62. The van der Waals surface area contributed by atoms with E-state index in [-0.39, 0.29) is 0 Å². The maximum absolute atomic E-state index is 4.79. The van der Waals surface area contributed by atoms with Gasteiger partial charge in [0.2, 0.25) is 0 Å². The summed E-state index contributed by atoms with van der Waals surface area (Å²) in [4.78, 5) is 7.15. The van der Waals surface area contributed by atoms with Crippen LogP contribution in [-0.4, -0.2) is 43.1 Å². The molecule has 1 heterocycles. The van der Waals surface area contributed by atoms with Gasteiger partial charge in [-0.05, 0) is 50.1 Å². The van der Waals surface area contributed by atoms with E-state index in [4.69, 9.17) is 4.99 Å². The van der Waals surface area contributed by atoms with Gasteiger partial charge in [0.1, 0.15) is 0 Å². The maximum atomic E-state index is 4.79. The van der Waals surface area contributed by atoms with Gasteiger partial charge in [0, 0.05) is 36.6 Å². The van der Waals surface area contributed by atoms with Crippen LogP contribution in [0.1, 0.15) is 31.7 Å². The lowest BCUT2D eigenvalue weighted by Gasteiger charge is -2.18. The highest BCUT2D eigenvalue weighted by Gasteiger charge is 2.24. The summed E-state index contributed by atoms with van der Waals surface area (Å²) in [5, 5.41) is 7.80. The molecule has 3 rings (SSSR count). The lowest BCUT2D eigenvalue weighted by Crippen LogP contribution is -2.42. The number of guanidine groups is 1. The molecule has 0 bridgehead atoms. The molecule has 1 aliphatic heterocycles. The Labute approximate surface area is 156 Å². The van der Waals surface area contributed by atoms with E-state index in [1.807, 2.05) is 11.8 Å². The third-order valence-electron chi connectivity index (χ3n) is 4.94. The third-order valence-corrected chi connectivity index (χ3v) is 6.04. The van der Waals surface area contributed by atoms with E-state index in [1.54, 1.807) is 0 Å². The monoisotopic (exact) mass is 358 g/mol. The number of nitrogens with one attached hydrogen (secondary N) is 2. The van der Waals surface area contributed by atoms with Crippen molar-refractivity contribution in [3.05, 3.63) is 42.0 Å². The normalized spacial score (nSPS) is 23.3. The van der Waals surface area contributed by atoms with Crippen LogP contribution >= 0.6 is 11.8 Å². The summed E-state index contributed by atoms with van der Waals surface area (Å²) in [6.45, 7) is 5.77. The minimum Gasteiger partial charge on any atom is -0.364 e. The van der Waals surface area contributed by atoms with Crippen molar-refractivity contribution in [2.24, 2.45) is 4.99 Å². The molecule has 1 saturated carbocycles. The number of hydrogen-bond acceptors (Lipinski definition) is 3. The first kappa shape index (κ1) is 18.2. The summed E-state index contributed by atoms with van der Waals surface area (Å²) in [7, 11) is 0. The van der Waals surface area contributed by atoms with Gasteiger partial charge in [0.15, 0.2) is 5.96 Å². The van der Waals surface area contributed by atoms with Crippen molar-refractivity contribution >= 4 is 23.4 Å². The zero-order valence-electron chi connectivity index (χ0n) is 15.4. The van der Waals surface area contributed by atoms with Crippen LogP contribution in [0.2, 0.25) is 0 Å². The van der Waals surface area contributed by atoms with Gasteiger partial charge in [-0.1, -0.05) is 24.3 Å². The number of rotatable bonds is 6. The SMILES string of the molecule is CCNC(=NCc1ccc(N2CC=CC2)cc1)NC1CCC(SC)C1. The smallest absolute Gasteiger partial charge is 0.191 e. The maximum Gasteiger partial charge on any atom is 0.191 e. The molecule has 4 nitrogen and oxygen atoms in total. The Bertz CT molecular complexity index is 588. The highest BCUT2D eigenvalue weighted by molar-refractivity contribution is 7.99. The molecule has 5 heteroatoms.